The van der Waals surface area contributed by atoms with Gasteiger partial charge in [0, 0.05) is 30.1 Å². The number of anilines is 2. The maximum Gasteiger partial charge on any atom is 0.224 e. The predicted octanol–water partition coefficient (Wildman–Crippen LogP) is 5.18. The first-order valence-electron chi connectivity index (χ1n) is 9.72. The second kappa shape index (κ2) is 8.61. The van der Waals surface area contributed by atoms with Gasteiger partial charge in [-0.25, -0.2) is 4.98 Å². The van der Waals surface area contributed by atoms with Crippen LogP contribution >= 0.6 is 0 Å². The average molecular weight is 385 g/mol. The van der Waals surface area contributed by atoms with E-state index in [0.29, 0.717) is 19.4 Å². The largest absolute Gasteiger partial charge is 0.494 e. The maximum absolute atomic E-state index is 12.3. The van der Waals surface area contributed by atoms with Crippen molar-refractivity contribution in [3.05, 3.63) is 72.8 Å². The molecule has 1 amide bonds. The van der Waals surface area contributed by atoms with Gasteiger partial charge in [0.25, 0.3) is 0 Å². The molecule has 0 spiro atoms. The van der Waals surface area contributed by atoms with Gasteiger partial charge in [0.15, 0.2) is 0 Å². The van der Waals surface area contributed by atoms with Gasteiger partial charge in [-0.15, -0.1) is 0 Å². The molecule has 0 unspecified atom stereocenters. The summed E-state index contributed by atoms with van der Waals surface area (Å²) in [5, 5.41) is 7.25. The quantitative estimate of drug-likeness (QED) is 0.430. The van der Waals surface area contributed by atoms with E-state index in [2.05, 4.69) is 16.7 Å². The minimum Gasteiger partial charge on any atom is -0.494 e. The number of carbonyl (C=O) groups excluding carboxylic acids is 1. The lowest BCUT2D eigenvalue weighted by atomic mass is 10.1. The molecule has 146 valence electrons. The standard InChI is InChI=1S/C24H23N3O2/c1-25-21-13-6-12-20-19-11-5-8-17(16-22(19)27-24(20)21)26-23(28)14-7-15-29-18-9-3-2-4-10-18/h2-6,8-13,16,25H,7,14-15H2,1H3,(H,26,28). The van der Waals surface area contributed by atoms with Gasteiger partial charge in [-0.05, 0) is 36.8 Å². The van der Waals surface area contributed by atoms with Crippen LogP contribution in [-0.2, 0) is 4.79 Å². The van der Waals surface area contributed by atoms with Crippen molar-refractivity contribution in [2.24, 2.45) is 0 Å². The van der Waals surface area contributed by atoms with Crippen LogP contribution in [0.2, 0.25) is 0 Å². The van der Waals surface area contributed by atoms with Crippen LogP contribution in [0.1, 0.15) is 12.8 Å². The molecule has 0 fully saturated rings. The van der Waals surface area contributed by atoms with Crippen LogP contribution in [0.5, 0.6) is 5.75 Å². The molecule has 0 bridgehead atoms. The highest BCUT2D eigenvalue weighted by molar-refractivity contribution is 6.03. The Kier molecular flexibility index (Phi) is 5.56. The number of hydrogen-bond donors (Lipinski definition) is 2. The molecule has 1 aliphatic heterocycles. The normalized spacial score (nSPS) is 10.8. The lowest BCUT2D eigenvalue weighted by Crippen LogP contribution is -2.12. The van der Waals surface area contributed by atoms with Crippen LogP contribution in [0.4, 0.5) is 11.4 Å². The summed E-state index contributed by atoms with van der Waals surface area (Å²) in [4.78, 5) is 17.1. The molecule has 0 atom stereocenters. The number of nitrogens with one attached hydrogen (secondary N) is 2. The number of para-hydroxylation sites is 2. The van der Waals surface area contributed by atoms with Gasteiger partial charge in [0.2, 0.25) is 5.91 Å². The third-order valence-corrected chi connectivity index (χ3v) is 4.78. The first-order chi connectivity index (χ1) is 14.2. The van der Waals surface area contributed by atoms with Crippen molar-refractivity contribution in [2.45, 2.75) is 12.8 Å². The van der Waals surface area contributed by atoms with Crippen molar-refractivity contribution in [1.82, 2.24) is 4.98 Å². The topological polar surface area (TPSA) is 63.2 Å². The van der Waals surface area contributed by atoms with Gasteiger partial charge >= 0.3 is 0 Å². The van der Waals surface area contributed by atoms with E-state index in [4.69, 9.17) is 9.72 Å². The van der Waals surface area contributed by atoms with E-state index < -0.39 is 0 Å². The highest BCUT2D eigenvalue weighted by Gasteiger charge is 2.14. The molecule has 0 saturated heterocycles. The molecule has 29 heavy (non-hydrogen) atoms. The van der Waals surface area contributed by atoms with E-state index in [0.717, 1.165) is 39.3 Å². The van der Waals surface area contributed by atoms with E-state index in [1.54, 1.807) is 0 Å². The van der Waals surface area contributed by atoms with Gasteiger partial charge in [-0.3, -0.25) is 4.79 Å². The first kappa shape index (κ1) is 18.7. The number of amides is 1. The van der Waals surface area contributed by atoms with E-state index in [1.165, 1.54) is 0 Å². The number of rotatable bonds is 7. The average Bonchev–Trinajstić information content (AvgIpc) is 2.97. The summed E-state index contributed by atoms with van der Waals surface area (Å²) in [6, 6.07) is 23.5. The fourth-order valence-electron chi connectivity index (χ4n) is 3.37. The Hall–Kier alpha value is -3.60. The molecule has 5 heteroatoms. The Balaban J connectivity index is 1.41. The zero-order valence-corrected chi connectivity index (χ0v) is 16.3. The van der Waals surface area contributed by atoms with Crippen molar-refractivity contribution >= 4 is 28.2 Å². The highest BCUT2D eigenvalue weighted by atomic mass is 16.5. The fraction of sp³-hybridized carbons (Fsp3) is 0.167. The molecule has 1 heterocycles. The van der Waals surface area contributed by atoms with Crippen molar-refractivity contribution < 1.29 is 9.53 Å². The van der Waals surface area contributed by atoms with Crippen LogP contribution in [-0.4, -0.2) is 24.5 Å². The summed E-state index contributed by atoms with van der Waals surface area (Å²) in [5.41, 5.74) is 4.59. The Morgan fingerprint density at radius 1 is 1.00 bits per heavy atom. The number of fused-ring (bicyclic) bond motifs is 3. The van der Waals surface area contributed by atoms with Crippen LogP contribution in [0.25, 0.3) is 22.2 Å². The van der Waals surface area contributed by atoms with Gasteiger partial charge < -0.3 is 15.4 Å². The van der Waals surface area contributed by atoms with E-state index >= 15 is 0 Å². The van der Waals surface area contributed by atoms with Gasteiger partial charge in [-0.1, -0.05) is 42.5 Å². The lowest BCUT2D eigenvalue weighted by molar-refractivity contribution is -0.116. The van der Waals surface area contributed by atoms with Crippen molar-refractivity contribution in [3.63, 3.8) is 0 Å². The summed E-state index contributed by atoms with van der Waals surface area (Å²) < 4.78 is 5.64. The highest BCUT2D eigenvalue weighted by Crippen LogP contribution is 2.35. The lowest BCUT2D eigenvalue weighted by Gasteiger charge is -2.06. The van der Waals surface area contributed by atoms with Gasteiger partial charge in [0.05, 0.1) is 23.5 Å². The molecule has 0 aromatic heterocycles. The van der Waals surface area contributed by atoms with E-state index in [-0.39, 0.29) is 5.91 Å². The number of aromatic nitrogens is 1. The fourth-order valence-corrected chi connectivity index (χ4v) is 3.37. The van der Waals surface area contributed by atoms with Crippen LogP contribution in [0.3, 0.4) is 0 Å². The summed E-state index contributed by atoms with van der Waals surface area (Å²) >= 11 is 0. The second-order valence-electron chi connectivity index (χ2n) is 6.80. The number of hydrogen-bond acceptors (Lipinski definition) is 4. The smallest absolute Gasteiger partial charge is 0.224 e. The van der Waals surface area contributed by atoms with Crippen LogP contribution in [0.15, 0.2) is 72.8 Å². The summed E-state index contributed by atoms with van der Waals surface area (Å²) in [7, 11) is 1.89. The molecule has 2 aliphatic rings. The summed E-state index contributed by atoms with van der Waals surface area (Å²) in [5.74, 6) is 0.786. The third-order valence-electron chi connectivity index (χ3n) is 4.78. The predicted molar refractivity (Wildman–Crippen MR) is 118 cm³/mol. The Bertz CT molecular complexity index is 1100. The number of ether oxygens (including phenoxy) is 1. The second-order valence-corrected chi connectivity index (χ2v) is 6.80. The molecule has 5 nitrogen and oxygen atoms in total. The van der Waals surface area contributed by atoms with Crippen molar-refractivity contribution in [3.8, 4) is 17.0 Å². The zero-order chi connectivity index (χ0) is 20.1. The molecule has 2 aromatic rings. The monoisotopic (exact) mass is 385 g/mol. The zero-order valence-electron chi connectivity index (χ0n) is 16.3. The Labute approximate surface area is 170 Å². The van der Waals surface area contributed by atoms with Gasteiger partial charge in [0.1, 0.15) is 5.75 Å². The maximum atomic E-state index is 12.3. The molecule has 0 radical (unpaired) electrons. The van der Waals surface area contributed by atoms with Crippen molar-refractivity contribution in [2.75, 3.05) is 24.3 Å². The molecule has 2 N–H and O–H groups in total. The van der Waals surface area contributed by atoms with Crippen LogP contribution < -0.4 is 15.4 Å². The van der Waals surface area contributed by atoms with Gasteiger partial charge in [-0.2, -0.15) is 0 Å². The molecular formula is C24H23N3O2. The Morgan fingerprint density at radius 3 is 2.66 bits per heavy atom. The molecule has 4 rings (SSSR count). The van der Waals surface area contributed by atoms with E-state index in [9.17, 15) is 4.79 Å². The summed E-state index contributed by atoms with van der Waals surface area (Å²) in [6.07, 6.45) is 1.05. The third kappa shape index (κ3) is 4.29. The first-order valence-corrected chi connectivity index (χ1v) is 9.72. The number of nitrogens with zero attached hydrogens (tertiary/aromatic N) is 1. The molecular weight excluding hydrogens is 362 g/mol. The molecule has 1 aliphatic carbocycles. The Morgan fingerprint density at radius 2 is 1.83 bits per heavy atom. The number of carbonyl (C=O) groups is 1. The van der Waals surface area contributed by atoms with Crippen molar-refractivity contribution in [1.29, 1.82) is 0 Å². The minimum absolute atomic E-state index is 0.0342. The molecule has 2 aromatic carbocycles. The van der Waals surface area contributed by atoms with E-state index in [1.807, 2.05) is 73.8 Å². The molecule has 0 saturated carbocycles. The minimum atomic E-state index is -0.0342. The SMILES string of the molecule is CNc1cccc2c3cccc(NC(=O)CCCOc4ccccc4)cc-3nc12. The number of benzene rings is 2. The van der Waals surface area contributed by atoms with Crippen LogP contribution in [0, 0.1) is 0 Å². The summed E-state index contributed by atoms with van der Waals surface area (Å²) in [6.45, 7) is 0.507.